The van der Waals surface area contributed by atoms with Gasteiger partial charge in [-0.05, 0) is 78.3 Å². The lowest BCUT2D eigenvalue weighted by atomic mass is 9.63. The van der Waals surface area contributed by atoms with Crippen LogP contribution in [-0.4, -0.2) is 4.83 Å². The Morgan fingerprint density at radius 1 is 1.03 bits per heavy atom. The van der Waals surface area contributed by atoms with Gasteiger partial charge in [0.15, 0.2) is 0 Å². The summed E-state index contributed by atoms with van der Waals surface area (Å²) < 4.78 is 1.12. The Hall–Kier alpha value is -1.84. The lowest BCUT2D eigenvalue weighted by Gasteiger charge is -2.40. The molecule has 2 atom stereocenters. The highest BCUT2D eigenvalue weighted by molar-refractivity contribution is 9.10. The van der Waals surface area contributed by atoms with Crippen LogP contribution in [-0.2, 0) is 5.41 Å². The molecule has 5 rings (SSSR count). The number of rotatable bonds is 2. The molecule has 0 bridgehead atoms. The number of fused-ring (bicyclic) bond motifs is 2. The molecular weight excluding hydrogens is 486 g/mol. The van der Waals surface area contributed by atoms with Crippen LogP contribution in [0.25, 0.3) is 5.57 Å². The summed E-state index contributed by atoms with van der Waals surface area (Å²) in [6.45, 7) is 2.23. The summed E-state index contributed by atoms with van der Waals surface area (Å²) in [4.78, 5) is 0.355. The molecular formula is C26H23Br2N. The maximum atomic E-state index is 6.08. The molecule has 0 saturated heterocycles. The highest BCUT2D eigenvalue weighted by atomic mass is 79.9. The summed E-state index contributed by atoms with van der Waals surface area (Å²) in [6, 6.07) is 15.3. The van der Waals surface area contributed by atoms with Gasteiger partial charge in [-0.1, -0.05) is 85.5 Å². The SMILES string of the molecule is CC1=CC=C(C2(c3ccc(N)cc3)C3=C(C=CC(Br)C3)c3ccc(Br)cc32)CC1. The van der Waals surface area contributed by atoms with Crippen LogP contribution in [0, 0.1) is 0 Å². The Morgan fingerprint density at radius 2 is 1.83 bits per heavy atom. The summed E-state index contributed by atoms with van der Waals surface area (Å²) in [5.41, 5.74) is 16.5. The molecule has 0 aliphatic heterocycles. The molecule has 29 heavy (non-hydrogen) atoms. The van der Waals surface area contributed by atoms with E-state index in [-0.39, 0.29) is 5.41 Å². The first-order chi connectivity index (χ1) is 14.0. The molecule has 146 valence electrons. The predicted molar refractivity (Wildman–Crippen MR) is 130 cm³/mol. The van der Waals surface area contributed by atoms with Crippen LogP contribution in [0.3, 0.4) is 0 Å². The van der Waals surface area contributed by atoms with E-state index in [0.29, 0.717) is 4.83 Å². The molecule has 0 spiro atoms. The van der Waals surface area contributed by atoms with E-state index < -0.39 is 0 Å². The quantitative estimate of drug-likeness (QED) is 0.330. The Bertz CT molecular complexity index is 1120. The summed E-state index contributed by atoms with van der Waals surface area (Å²) in [5, 5.41) is 0. The number of alkyl halides is 1. The van der Waals surface area contributed by atoms with Gasteiger partial charge in [0.2, 0.25) is 0 Å². The molecule has 3 aliphatic rings. The van der Waals surface area contributed by atoms with Crippen molar-refractivity contribution in [2.45, 2.75) is 36.4 Å². The van der Waals surface area contributed by atoms with Crippen LogP contribution in [0.2, 0.25) is 0 Å². The summed E-state index contributed by atoms with van der Waals surface area (Å²) >= 11 is 7.62. The zero-order valence-electron chi connectivity index (χ0n) is 16.4. The number of benzene rings is 2. The van der Waals surface area contributed by atoms with Crippen molar-refractivity contribution >= 4 is 43.1 Å². The van der Waals surface area contributed by atoms with Gasteiger partial charge in [-0.3, -0.25) is 0 Å². The van der Waals surface area contributed by atoms with Gasteiger partial charge in [-0.2, -0.15) is 0 Å². The second-order valence-corrected chi connectivity index (χ2v) is 10.3. The third-order valence-corrected chi connectivity index (χ3v) is 7.63. The first kappa shape index (κ1) is 19.1. The standard InChI is InChI=1S/C26H23Br2N/c1-16-2-4-17(5-3-16)26(18-6-10-21(29)11-7-18)24-14-19(27)8-12-22(24)23-13-9-20(28)15-25(23)26/h2,4,6-14,20H,3,5,15,29H2,1H3. The fourth-order valence-corrected chi connectivity index (χ4v) is 6.01. The smallest absolute Gasteiger partial charge is 0.0640 e. The number of hydrogen-bond acceptors (Lipinski definition) is 1. The number of allylic oxidation sites excluding steroid dienone is 8. The monoisotopic (exact) mass is 507 g/mol. The number of hydrogen-bond donors (Lipinski definition) is 1. The largest absolute Gasteiger partial charge is 0.399 e. The van der Waals surface area contributed by atoms with Crippen LogP contribution in [0.5, 0.6) is 0 Å². The second-order valence-electron chi connectivity index (χ2n) is 8.24. The summed E-state index contributed by atoms with van der Waals surface area (Å²) in [6.07, 6.45) is 12.5. The maximum absolute atomic E-state index is 6.08. The molecule has 0 saturated carbocycles. The Labute approximate surface area is 189 Å². The Morgan fingerprint density at radius 3 is 2.55 bits per heavy atom. The zero-order valence-corrected chi connectivity index (χ0v) is 19.6. The second kappa shape index (κ2) is 7.14. The van der Waals surface area contributed by atoms with Gasteiger partial charge < -0.3 is 5.73 Å². The fraction of sp³-hybridized carbons (Fsp3) is 0.231. The topological polar surface area (TPSA) is 26.0 Å². The third kappa shape index (κ3) is 2.93. The summed E-state index contributed by atoms with van der Waals surface area (Å²) in [7, 11) is 0. The van der Waals surface area contributed by atoms with Crippen LogP contribution < -0.4 is 5.73 Å². The van der Waals surface area contributed by atoms with Crippen molar-refractivity contribution in [3.63, 3.8) is 0 Å². The minimum Gasteiger partial charge on any atom is -0.399 e. The molecule has 1 nitrogen and oxygen atoms in total. The summed E-state index contributed by atoms with van der Waals surface area (Å²) in [5.74, 6) is 0. The minimum atomic E-state index is -0.240. The number of nitrogens with two attached hydrogens (primary N) is 1. The molecule has 0 aromatic heterocycles. The average Bonchev–Trinajstić information content (AvgIpc) is 2.99. The molecule has 3 aliphatic carbocycles. The average molecular weight is 509 g/mol. The third-order valence-electron chi connectivity index (χ3n) is 6.51. The van der Waals surface area contributed by atoms with E-state index in [1.54, 1.807) is 0 Å². The van der Waals surface area contributed by atoms with Crippen LogP contribution in [0.1, 0.15) is 42.9 Å². The van der Waals surface area contributed by atoms with Crippen molar-refractivity contribution in [2.24, 2.45) is 0 Å². The van der Waals surface area contributed by atoms with Crippen molar-refractivity contribution in [3.05, 3.63) is 105 Å². The van der Waals surface area contributed by atoms with E-state index in [4.69, 9.17) is 5.73 Å². The minimum absolute atomic E-state index is 0.240. The van der Waals surface area contributed by atoms with Crippen molar-refractivity contribution in [1.29, 1.82) is 0 Å². The van der Waals surface area contributed by atoms with E-state index in [1.807, 2.05) is 12.1 Å². The van der Waals surface area contributed by atoms with Crippen LogP contribution in [0.4, 0.5) is 5.69 Å². The van der Waals surface area contributed by atoms with Crippen molar-refractivity contribution in [1.82, 2.24) is 0 Å². The molecule has 0 fully saturated rings. The predicted octanol–water partition coefficient (Wildman–Crippen LogP) is 7.47. The van der Waals surface area contributed by atoms with Gasteiger partial charge in [0, 0.05) is 15.0 Å². The van der Waals surface area contributed by atoms with Gasteiger partial charge >= 0.3 is 0 Å². The molecule has 0 radical (unpaired) electrons. The van der Waals surface area contributed by atoms with Gasteiger partial charge in [0.05, 0.1) is 5.41 Å². The van der Waals surface area contributed by atoms with Gasteiger partial charge in [-0.25, -0.2) is 0 Å². The number of anilines is 1. The maximum Gasteiger partial charge on any atom is 0.0640 e. The molecule has 0 heterocycles. The molecule has 2 aromatic carbocycles. The number of nitrogen functional groups attached to an aromatic ring is 1. The highest BCUT2D eigenvalue weighted by Gasteiger charge is 2.49. The van der Waals surface area contributed by atoms with E-state index in [1.165, 1.54) is 39.0 Å². The lowest BCUT2D eigenvalue weighted by Crippen LogP contribution is -2.33. The lowest BCUT2D eigenvalue weighted by molar-refractivity contribution is 0.642. The fourth-order valence-electron chi connectivity index (χ4n) is 5.17. The Balaban J connectivity index is 1.88. The first-order valence-corrected chi connectivity index (χ1v) is 11.8. The molecule has 3 heteroatoms. The van der Waals surface area contributed by atoms with Crippen molar-refractivity contribution in [2.75, 3.05) is 5.73 Å². The molecule has 2 unspecified atom stereocenters. The van der Waals surface area contributed by atoms with E-state index in [2.05, 4.69) is 93.4 Å². The zero-order chi connectivity index (χ0) is 20.2. The van der Waals surface area contributed by atoms with Crippen molar-refractivity contribution in [3.8, 4) is 0 Å². The van der Waals surface area contributed by atoms with E-state index in [9.17, 15) is 0 Å². The number of halogens is 2. The van der Waals surface area contributed by atoms with Crippen LogP contribution in [0.15, 0.2) is 88.0 Å². The molecule has 2 aromatic rings. The molecule has 0 amide bonds. The van der Waals surface area contributed by atoms with Crippen LogP contribution >= 0.6 is 31.9 Å². The highest BCUT2D eigenvalue weighted by Crippen LogP contribution is 2.59. The van der Waals surface area contributed by atoms with E-state index in [0.717, 1.165) is 29.4 Å². The van der Waals surface area contributed by atoms with Gasteiger partial charge in [0.1, 0.15) is 0 Å². The van der Waals surface area contributed by atoms with E-state index >= 15 is 0 Å². The van der Waals surface area contributed by atoms with Gasteiger partial charge in [0.25, 0.3) is 0 Å². The first-order valence-electron chi connectivity index (χ1n) is 10.1. The Kier molecular flexibility index (Phi) is 4.71. The normalized spacial score (nSPS) is 25.4. The molecule has 2 N–H and O–H groups in total. The van der Waals surface area contributed by atoms with Gasteiger partial charge in [-0.15, -0.1) is 0 Å². The van der Waals surface area contributed by atoms with Crippen molar-refractivity contribution < 1.29 is 0 Å².